The molecule has 0 fully saturated rings. The molecule has 0 bridgehead atoms. The Balaban J connectivity index is 1.91. The summed E-state index contributed by atoms with van der Waals surface area (Å²) in [5, 5.41) is 11.8. The van der Waals surface area contributed by atoms with Crippen LogP contribution in [-0.2, 0) is 27.7 Å². The first-order chi connectivity index (χ1) is 11.8. The average Bonchev–Trinajstić information content (AvgIpc) is 3.00. The molecule has 8 nitrogen and oxygen atoms in total. The summed E-state index contributed by atoms with van der Waals surface area (Å²) < 4.78 is 27.9. The van der Waals surface area contributed by atoms with Crippen LogP contribution in [0, 0.1) is 0 Å². The predicted molar refractivity (Wildman–Crippen MR) is 91.0 cm³/mol. The molecular formula is C16H22N4O4S. The zero-order valence-corrected chi connectivity index (χ0v) is 15.0. The molecule has 2 aromatic rings. The minimum absolute atomic E-state index is 0.0143. The smallest absolute Gasteiger partial charge is 0.238 e. The van der Waals surface area contributed by atoms with E-state index in [0.29, 0.717) is 23.7 Å². The van der Waals surface area contributed by atoms with Gasteiger partial charge in [0.2, 0.25) is 21.8 Å². The van der Waals surface area contributed by atoms with Gasteiger partial charge in [0.1, 0.15) is 0 Å². The van der Waals surface area contributed by atoms with E-state index in [2.05, 4.69) is 15.5 Å². The Hall–Kier alpha value is -2.26. The summed E-state index contributed by atoms with van der Waals surface area (Å²) in [7, 11) is -3.78. The van der Waals surface area contributed by atoms with Crippen LogP contribution >= 0.6 is 0 Å². The molecule has 9 heteroatoms. The highest BCUT2D eigenvalue weighted by atomic mass is 32.2. The number of carbonyl (C=O) groups is 1. The molecule has 3 N–H and O–H groups in total. The minimum atomic E-state index is -3.78. The molecule has 0 saturated carbocycles. The van der Waals surface area contributed by atoms with Crippen molar-refractivity contribution in [3.8, 4) is 0 Å². The first kappa shape index (κ1) is 19.1. The quantitative estimate of drug-likeness (QED) is 0.728. The first-order valence-corrected chi connectivity index (χ1v) is 9.57. The molecular weight excluding hydrogens is 344 g/mol. The van der Waals surface area contributed by atoms with E-state index >= 15 is 0 Å². The van der Waals surface area contributed by atoms with Crippen molar-refractivity contribution >= 4 is 15.9 Å². The third-order valence-electron chi connectivity index (χ3n) is 3.61. The van der Waals surface area contributed by atoms with E-state index < -0.39 is 10.0 Å². The van der Waals surface area contributed by atoms with E-state index in [9.17, 15) is 13.2 Å². The van der Waals surface area contributed by atoms with Crippen molar-refractivity contribution in [2.75, 3.05) is 0 Å². The van der Waals surface area contributed by atoms with Crippen LogP contribution < -0.4 is 10.5 Å². The van der Waals surface area contributed by atoms with Crippen LogP contribution in [0.5, 0.6) is 0 Å². The van der Waals surface area contributed by atoms with Gasteiger partial charge in [0.05, 0.1) is 10.9 Å². The van der Waals surface area contributed by atoms with Gasteiger partial charge in [-0.25, -0.2) is 13.6 Å². The molecule has 2 rings (SSSR count). The molecule has 0 aliphatic heterocycles. The monoisotopic (exact) mass is 366 g/mol. The fourth-order valence-corrected chi connectivity index (χ4v) is 2.86. The molecule has 1 aromatic carbocycles. The Bertz CT molecular complexity index is 832. The minimum Gasteiger partial charge on any atom is -0.350 e. The number of nitrogens with two attached hydrogens (primary N) is 1. The van der Waals surface area contributed by atoms with Crippen molar-refractivity contribution in [1.82, 2.24) is 15.5 Å². The van der Waals surface area contributed by atoms with Gasteiger partial charge >= 0.3 is 0 Å². The van der Waals surface area contributed by atoms with Crippen LogP contribution in [0.4, 0.5) is 0 Å². The molecule has 25 heavy (non-hydrogen) atoms. The Morgan fingerprint density at radius 2 is 2.12 bits per heavy atom. The number of carbonyl (C=O) groups excluding carboxylic acids is 1. The average molecular weight is 366 g/mol. The number of primary sulfonamides is 1. The van der Waals surface area contributed by atoms with E-state index in [1.54, 1.807) is 19.1 Å². The van der Waals surface area contributed by atoms with Crippen molar-refractivity contribution < 1.29 is 17.7 Å². The van der Waals surface area contributed by atoms with Gasteiger partial charge in [0.15, 0.2) is 5.82 Å². The molecule has 0 aliphatic rings. The van der Waals surface area contributed by atoms with Gasteiger partial charge in [-0.15, -0.1) is 0 Å². The zero-order valence-electron chi connectivity index (χ0n) is 14.2. The zero-order chi connectivity index (χ0) is 18.4. The number of hydrogen-bond donors (Lipinski definition) is 2. The van der Waals surface area contributed by atoms with Crippen molar-refractivity contribution in [2.45, 2.75) is 50.5 Å². The number of benzene rings is 1. The third kappa shape index (κ3) is 5.64. The Kier molecular flexibility index (Phi) is 6.27. The van der Waals surface area contributed by atoms with Crippen LogP contribution in [0.2, 0.25) is 0 Å². The summed E-state index contributed by atoms with van der Waals surface area (Å²) in [4.78, 5) is 16.3. The summed E-state index contributed by atoms with van der Waals surface area (Å²) in [5.74, 6) is 0.886. The summed E-state index contributed by atoms with van der Waals surface area (Å²) >= 11 is 0. The number of sulfonamides is 1. The lowest BCUT2D eigenvalue weighted by Gasteiger charge is -2.14. The second-order valence-corrected chi connectivity index (χ2v) is 7.32. The predicted octanol–water partition coefficient (Wildman–Crippen LogP) is 1.48. The second kappa shape index (κ2) is 8.21. The fourth-order valence-electron chi connectivity index (χ4n) is 2.30. The summed E-state index contributed by atoms with van der Waals surface area (Å²) in [5.41, 5.74) is 0.655. The molecule has 1 atom stereocenters. The number of rotatable bonds is 8. The summed E-state index contributed by atoms with van der Waals surface area (Å²) in [6.07, 6.45) is 2.22. The molecule has 0 saturated heterocycles. The SMILES string of the molecule is CCCc1noc(CCC(=O)NC(C)c2cccc(S(N)(=O)=O)c2)n1. The molecule has 1 aromatic heterocycles. The highest BCUT2D eigenvalue weighted by molar-refractivity contribution is 7.89. The van der Waals surface area contributed by atoms with E-state index in [4.69, 9.17) is 9.66 Å². The molecule has 0 radical (unpaired) electrons. The van der Waals surface area contributed by atoms with Crippen LogP contribution in [0.15, 0.2) is 33.7 Å². The molecule has 136 valence electrons. The number of hydrogen-bond acceptors (Lipinski definition) is 6. The van der Waals surface area contributed by atoms with Crippen molar-refractivity contribution in [2.24, 2.45) is 5.14 Å². The molecule has 1 amide bonds. The number of amides is 1. The third-order valence-corrected chi connectivity index (χ3v) is 4.52. The van der Waals surface area contributed by atoms with Gasteiger partial charge < -0.3 is 9.84 Å². The second-order valence-electron chi connectivity index (χ2n) is 5.76. The van der Waals surface area contributed by atoms with E-state index in [1.807, 2.05) is 6.92 Å². The van der Waals surface area contributed by atoms with Crippen molar-refractivity contribution in [1.29, 1.82) is 0 Å². The number of aryl methyl sites for hydroxylation is 2. The van der Waals surface area contributed by atoms with Gasteiger partial charge in [-0.2, -0.15) is 4.98 Å². The van der Waals surface area contributed by atoms with Crippen LogP contribution in [0.25, 0.3) is 0 Å². The topological polar surface area (TPSA) is 128 Å². The van der Waals surface area contributed by atoms with Crippen molar-refractivity contribution in [3.05, 3.63) is 41.5 Å². The Morgan fingerprint density at radius 1 is 1.36 bits per heavy atom. The molecule has 1 heterocycles. The van der Waals surface area contributed by atoms with Crippen molar-refractivity contribution in [3.63, 3.8) is 0 Å². The molecule has 1 unspecified atom stereocenters. The highest BCUT2D eigenvalue weighted by Gasteiger charge is 2.14. The van der Waals surface area contributed by atoms with E-state index in [-0.39, 0.29) is 23.3 Å². The maximum atomic E-state index is 12.1. The lowest BCUT2D eigenvalue weighted by atomic mass is 10.1. The van der Waals surface area contributed by atoms with Crippen LogP contribution in [0.3, 0.4) is 0 Å². The van der Waals surface area contributed by atoms with Gasteiger partial charge in [-0.05, 0) is 31.0 Å². The lowest BCUT2D eigenvalue weighted by Crippen LogP contribution is -2.27. The first-order valence-electron chi connectivity index (χ1n) is 8.03. The number of nitrogens with zero attached hydrogens (tertiary/aromatic N) is 2. The number of aromatic nitrogens is 2. The largest absolute Gasteiger partial charge is 0.350 e. The molecule has 0 aliphatic carbocycles. The van der Waals surface area contributed by atoms with Crippen LogP contribution in [-0.4, -0.2) is 24.5 Å². The Labute approximate surface area is 146 Å². The van der Waals surface area contributed by atoms with Gasteiger partial charge in [-0.3, -0.25) is 4.79 Å². The van der Waals surface area contributed by atoms with Crippen LogP contribution in [0.1, 0.15) is 50.0 Å². The summed E-state index contributed by atoms with van der Waals surface area (Å²) in [6, 6.07) is 5.83. The maximum absolute atomic E-state index is 12.1. The standard InChI is InChI=1S/C16H22N4O4S/c1-3-5-14-19-16(24-20-14)9-8-15(21)18-11(2)12-6-4-7-13(10-12)25(17,22)23/h4,6-7,10-11H,3,5,8-9H2,1-2H3,(H,18,21)(H2,17,22,23). The maximum Gasteiger partial charge on any atom is 0.238 e. The van der Waals surface area contributed by atoms with Gasteiger partial charge in [0, 0.05) is 19.3 Å². The Morgan fingerprint density at radius 3 is 2.80 bits per heavy atom. The van der Waals surface area contributed by atoms with E-state index in [1.165, 1.54) is 12.1 Å². The van der Waals surface area contributed by atoms with Gasteiger partial charge in [-0.1, -0.05) is 24.2 Å². The fraction of sp³-hybridized carbons (Fsp3) is 0.438. The summed E-state index contributed by atoms with van der Waals surface area (Å²) in [6.45, 7) is 3.79. The molecule has 0 spiro atoms. The van der Waals surface area contributed by atoms with Gasteiger partial charge in [0.25, 0.3) is 0 Å². The highest BCUT2D eigenvalue weighted by Crippen LogP contribution is 2.17. The van der Waals surface area contributed by atoms with E-state index in [0.717, 1.165) is 12.8 Å². The number of nitrogens with one attached hydrogen (secondary N) is 1. The normalized spacial score (nSPS) is 12.8. The lowest BCUT2D eigenvalue weighted by molar-refractivity contribution is -0.121.